The van der Waals surface area contributed by atoms with Gasteiger partial charge in [-0.3, -0.25) is 4.79 Å². The minimum absolute atomic E-state index is 0.0971. The van der Waals surface area contributed by atoms with Gasteiger partial charge >= 0.3 is 0 Å². The summed E-state index contributed by atoms with van der Waals surface area (Å²) >= 11 is 0. The SMILES string of the molecule is Cc1cccn2cc(-c3ccccc3NC(=O)CC3CC3)nc12. The van der Waals surface area contributed by atoms with E-state index < -0.39 is 0 Å². The van der Waals surface area contributed by atoms with Crippen molar-refractivity contribution in [3.63, 3.8) is 0 Å². The number of rotatable bonds is 4. The molecule has 0 spiro atoms. The van der Waals surface area contributed by atoms with E-state index in [0.29, 0.717) is 12.3 Å². The lowest BCUT2D eigenvalue weighted by Gasteiger charge is -2.09. The molecule has 0 unspecified atom stereocenters. The Kier molecular flexibility index (Phi) is 3.37. The number of carbonyl (C=O) groups is 1. The van der Waals surface area contributed by atoms with Crippen molar-refractivity contribution in [1.29, 1.82) is 0 Å². The molecule has 1 amide bonds. The minimum Gasteiger partial charge on any atom is -0.325 e. The predicted octanol–water partition coefficient (Wildman–Crippen LogP) is 4.05. The number of aryl methyl sites for hydroxylation is 1. The van der Waals surface area contributed by atoms with Crippen LogP contribution in [0.25, 0.3) is 16.9 Å². The molecule has 2 aromatic heterocycles. The molecule has 4 nitrogen and oxygen atoms in total. The van der Waals surface area contributed by atoms with E-state index in [4.69, 9.17) is 4.98 Å². The zero-order valence-electron chi connectivity index (χ0n) is 13.1. The monoisotopic (exact) mass is 305 g/mol. The summed E-state index contributed by atoms with van der Waals surface area (Å²) in [6.45, 7) is 2.05. The van der Waals surface area contributed by atoms with Crippen LogP contribution in [0.4, 0.5) is 5.69 Å². The summed E-state index contributed by atoms with van der Waals surface area (Å²) < 4.78 is 2.02. The number of hydrogen-bond acceptors (Lipinski definition) is 2. The lowest BCUT2D eigenvalue weighted by atomic mass is 10.1. The average molecular weight is 305 g/mol. The van der Waals surface area contributed by atoms with Crippen molar-refractivity contribution in [3.05, 3.63) is 54.4 Å². The van der Waals surface area contributed by atoms with Gasteiger partial charge in [0, 0.05) is 24.4 Å². The van der Waals surface area contributed by atoms with E-state index in [-0.39, 0.29) is 5.91 Å². The summed E-state index contributed by atoms with van der Waals surface area (Å²) in [6, 6.07) is 11.9. The van der Waals surface area contributed by atoms with Crippen LogP contribution in [0.2, 0.25) is 0 Å². The third kappa shape index (κ3) is 2.84. The maximum absolute atomic E-state index is 12.1. The van der Waals surface area contributed by atoms with Crippen LogP contribution < -0.4 is 5.32 Å². The Morgan fingerprint density at radius 1 is 1.26 bits per heavy atom. The first-order valence-corrected chi connectivity index (χ1v) is 8.04. The summed E-state index contributed by atoms with van der Waals surface area (Å²) in [5.74, 6) is 0.680. The lowest BCUT2D eigenvalue weighted by molar-refractivity contribution is -0.116. The number of aromatic nitrogens is 2. The normalized spacial score (nSPS) is 14.1. The molecule has 0 radical (unpaired) electrons. The number of hydrogen-bond donors (Lipinski definition) is 1. The topological polar surface area (TPSA) is 46.4 Å². The maximum Gasteiger partial charge on any atom is 0.224 e. The molecule has 4 rings (SSSR count). The van der Waals surface area contributed by atoms with Crippen molar-refractivity contribution >= 4 is 17.2 Å². The molecule has 1 aliphatic rings. The van der Waals surface area contributed by atoms with E-state index in [2.05, 4.69) is 18.3 Å². The van der Waals surface area contributed by atoms with Gasteiger partial charge in [-0.25, -0.2) is 4.98 Å². The first-order valence-electron chi connectivity index (χ1n) is 8.04. The molecule has 0 aliphatic heterocycles. The quantitative estimate of drug-likeness (QED) is 0.790. The smallest absolute Gasteiger partial charge is 0.224 e. The van der Waals surface area contributed by atoms with Gasteiger partial charge in [-0.2, -0.15) is 0 Å². The molecule has 0 saturated heterocycles. The van der Waals surface area contributed by atoms with Gasteiger partial charge in [-0.1, -0.05) is 24.3 Å². The van der Waals surface area contributed by atoms with Gasteiger partial charge in [-0.15, -0.1) is 0 Å². The van der Waals surface area contributed by atoms with E-state index in [0.717, 1.165) is 28.2 Å². The van der Waals surface area contributed by atoms with Crippen molar-refractivity contribution in [3.8, 4) is 11.3 Å². The Hall–Kier alpha value is -2.62. The zero-order chi connectivity index (χ0) is 15.8. The van der Waals surface area contributed by atoms with Crippen LogP contribution in [0.3, 0.4) is 0 Å². The molecule has 1 fully saturated rings. The Morgan fingerprint density at radius 2 is 2.09 bits per heavy atom. The van der Waals surface area contributed by atoms with Crippen molar-refractivity contribution in [2.45, 2.75) is 26.2 Å². The van der Waals surface area contributed by atoms with E-state index >= 15 is 0 Å². The fourth-order valence-electron chi connectivity index (χ4n) is 2.88. The predicted molar refractivity (Wildman–Crippen MR) is 91.3 cm³/mol. The fourth-order valence-corrected chi connectivity index (χ4v) is 2.88. The third-order valence-electron chi connectivity index (χ3n) is 4.33. The second-order valence-electron chi connectivity index (χ2n) is 6.29. The van der Waals surface area contributed by atoms with Crippen molar-refractivity contribution in [1.82, 2.24) is 9.38 Å². The standard InChI is InChI=1S/C19H19N3O/c1-13-5-4-10-22-12-17(21-19(13)22)15-6-2-3-7-16(15)20-18(23)11-14-8-9-14/h2-7,10,12,14H,8-9,11H2,1H3,(H,20,23). The van der Waals surface area contributed by atoms with Gasteiger partial charge in [0.2, 0.25) is 5.91 Å². The van der Waals surface area contributed by atoms with Crippen molar-refractivity contribution in [2.24, 2.45) is 5.92 Å². The van der Waals surface area contributed by atoms with E-state index in [1.54, 1.807) is 0 Å². The molecule has 0 atom stereocenters. The van der Waals surface area contributed by atoms with Gasteiger partial charge in [-0.05, 0) is 43.4 Å². The molecule has 1 saturated carbocycles. The number of benzene rings is 1. The Labute approximate surface area is 135 Å². The number of imidazole rings is 1. The maximum atomic E-state index is 12.1. The van der Waals surface area contributed by atoms with Gasteiger partial charge < -0.3 is 9.72 Å². The number of pyridine rings is 1. The molecule has 0 bridgehead atoms. The van der Waals surface area contributed by atoms with Crippen LogP contribution in [0.15, 0.2) is 48.8 Å². The number of nitrogens with one attached hydrogen (secondary N) is 1. The molecule has 1 aliphatic carbocycles. The molecule has 23 heavy (non-hydrogen) atoms. The Morgan fingerprint density at radius 3 is 2.87 bits per heavy atom. The molecular weight excluding hydrogens is 286 g/mol. The molecule has 3 aromatic rings. The van der Waals surface area contributed by atoms with Crippen LogP contribution in [0.1, 0.15) is 24.8 Å². The number of nitrogens with zero attached hydrogens (tertiary/aromatic N) is 2. The van der Waals surface area contributed by atoms with Crippen LogP contribution in [0, 0.1) is 12.8 Å². The largest absolute Gasteiger partial charge is 0.325 e. The van der Waals surface area contributed by atoms with Crippen LogP contribution in [0.5, 0.6) is 0 Å². The Bertz CT molecular complexity index is 877. The number of para-hydroxylation sites is 1. The van der Waals surface area contributed by atoms with E-state index in [9.17, 15) is 4.79 Å². The second-order valence-corrected chi connectivity index (χ2v) is 6.29. The van der Waals surface area contributed by atoms with Gasteiger partial charge in [0.1, 0.15) is 5.65 Å². The summed E-state index contributed by atoms with van der Waals surface area (Å²) in [4.78, 5) is 16.9. The van der Waals surface area contributed by atoms with E-state index in [1.165, 1.54) is 12.8 Å². The molecule has 4 heteroatoms. The highest BCUT2D eigenvalue weighted by Crippen LogP contribution is 2.33. The highest BCUT2D eigenvalue weighted by Gasteiger charge is 2.24. The summed E-state index contributed by atoms with van der Waals surface area (Å²) in [5, 5.41) is 3.05. The molecule has 116 valence electrons. The number of amides is 1. The highest BCUT2D eigenvalue weighted by atomic mass is 16.1. The average Bonchev–Trinajstić information content (AvgIpc) is 3.23. The molecule has 1 N–H and O–H groups in total. The molecule has 2 heterocycles. The second kappa shape index (κ2) is 5.54. The minimum atomic E-state index is 0.0971. The lowest BCUT2D eigenvalue weighted by Crippen LogP contribution is -2.12. The van der Waals surface area contributed by atoms with Crippen LogP contribution in [-0.4, -0.2) is 15.3 Å². The van der Waals surface area contributed by atoms with Crippen LogP contribution in [-0.2, 0) is 4.79 Å². The fraction of sp³-hybridized carbons (Fsp3) is 0.263. The third-order valence-corrected chi connectivity index (χ3v) is 4.33. The van der Waals surface area contributed by atoms with Crippen molar-refractivity contribution < 1.29 is 4.79 Å². The molecular formula is C19H19N3O. The van der Waals surface area contributed by atoms with Gasteiger partial charge in [0.05, 0.1) is 11.4 Å². The summed E-state index contributed by atoms with van der Waals surface area (Å²) in [5.41, 5.74) is 4.75. The van der Waals surface area contributed by atoms with Gasteiger partial charge in [0.25, 0.3) is 0 Å². The summed E-state index contributed by atoms with van der Waals surface area (Å²) in [7, 11) is 0. The van der Waals surface area contributed by atoms with Crippen molar-refractivity contribution in [2.75, 3.05) is 5.32 Å². The zero-order valence-corrected chi connectivity index (χ0v) is 13.1. The van der Waals surface area contributed by atoms with E-state index in [1.807, 2.05) is 47.1 Å². The van der Waals surface area contributed by atoms with Crippen LogP contribution >= 0.6 is 0 Å². The number of carbonyl (C=O) groups excluding carboxylic acids is 1. The van der Waals surface area contributed by atoms with Gasteiger partial charge in [0.15, 0.2) is 0 Å². The summed E-state index contributed by atoms with van der Waals surface area (Å²) in [6.07, 6.45) is 6.99. The first kappa shape index (κ1) is 14.0. The number of fused-ring (bicyclic) bond motifs is 1. The highest BCUT2D eigenvalue weighted by molar-refractivity contribution is 5.95. The number of anilines is 1. The molecule has 1 aromatic carbocycles. The first-order chi connectivity index (χ1) is 11.2. The Balaban J connectivity index is 1.69.